The second-order valence-corrected chi connectivity index (χ2v) is 7.54. The molecule has 10 heteroatoms. The Morgan fingerprint density at radius 1 is 1.10 bits per heavy atom. The summed E-state index contributed by atoms with van der Waals surface area (Å²) in [6.07, 6.45) is 1.76. The van der Waals surface area contributed by atoms with Gasteiger partial charge in [-0.15, -0.1) is 0 Å². The zero-order chi connectivity index (χ0) is 23.1. The van der Waals surface area contributed by atoms with E-state index in [-0.39, 0.29) is 12.3 Å². The van der Waals surface area contributed by atoms with Gasteiger partial charge in [-0.1, -0.05) is 38.5 Å². The predicted molar refractivity (Wildman–Crippen MR) is 113 cm³/mol. The number of aliphatic carboxylic acids is 2. The maximum Gasteiger partial charge on any atom is 0.326 e. The zero-order valence-electron chi connectivity index (χ0n) is 17.4. The van der Waals surface area contributed by atoms with Gasteiger partial charge in [0.05, 0.1) is 12.5 Å². The number of para-hydroxylation sites is 1. The second-order valence-electron chi connectivity index (χ2n) is 7.54. The van der Waals surface area contributed by atoms with Gasteiger partial charge in [-0.2, -0.15) is 0 Å². The molecule has 10 nitrogen and oxygen atoms in total. The third-order valence-electron chi connectivity index (χ3n) is 5.24. The Balaban J connectivity index is 2.09. The topological polar surface area (TPSA) is 175 Å². The standard InChI is InChI=1S/C21H28N4O6/c1-3-11(2)18(20(29)24-16(21(30)31)9-17(26)27)25-19(28)14(22)8-12-10-23-15-7-5-4-6-13(12)15/h4-7,10-11,14,16,18,23H,3,8-9,22H2,1-2H3,(H,24,29)(H,25,28)(H,26,27)(H,30,31). The Hall–Kier alpha value is -3.40. The van der Waals surface area contributed by atoms with Crippen LogP contribution in [0.4, 0.5) is 0 Å². The van der Waals surface area contributed by atoms with Crippen LogP contribution in [0.5, 0.6) is 0 Å². The Morgan fingerprint density at radius 2 is 1.77 bits per heavy atom. The smallest absolute Gasteiger partial charge is 0.326 e. The fourth-order valence-electron chi connectivity index (χ4n) is 3.23. The van der Waals surface area contributed by atoms with E-state index in [0.717, 1.165) is 16.5 Å². The van der Waals surface area contributed by atoms with Gasteiger partial charge in [0.15, 0.2) is 0 Å². The summed E-state index contributed by atoms with van der Waals surface area (Å²) in [6.45, 7) is 3.54. The number of nitrogens with one attached hydrogen (secondary N) is 3. The van der Waals surface area contributed by atoms with Crippen LogP contribution in [-0.4, -0.2) is 57.1 Å². The Bertz CT molecular complexity index is 956. The summed E-state index contributed by atoms with van der Waals surface area (Å²) in [5, 5.41) is 23.8. The quantitative estimate of drug-likeness (QED) is 0.301. The minimum Gasteiger partial charge on any atom is -0.481 e. The highest BCUT2D eigenvalue weighted by Crippen LogP contribution is 2.19. The van der Waals surface area contributed by atoms with Crippen LogP contribution in [0.25, 0.3) is 10.9 Å². The number of nitrogens with two attached hydrogens (primary N) is 1. The van der Waals surface area contributed by atoms with E-state index in [1.54, 1.807) is 13.1 Å². The normalized spacial score (nSPS) is 14.9. The van der Waals surface area contributed by atoms with Crippen molar-refractivity contribution in [2.75, 3.05) is 0 Å². The number of aromatic nitrogens is 1. The molecular formula is C21H28N4O6. The van der Waals surface area contributed by atoms with Gasteiger partial charge < -0.3 is 31.6 Å². The lowest BCUT2D eigenvalue weighted by molar-refractivity contribution is -0.147. The zero-order valence-corrected chi connectivity index (χ0v) is 17.4. The lowest BCUT2D eigenvalue weighted by Gasteiger charge is -2.26. The van der Waals surface area contributed by atoms with Crippen LogP contribution >= 0.6 is 0 Å². The Labute approximate surface area is 179 Å². The van der Waals surface area contributed by atoms with Gasteiger partial charge in [0.2, 0.25) is 11.8 Å². The highest BCUT2D eigenvalue weighted by atomic mass is 16.4. The van der Waals surface area contributed by atoms with Crippen LogP contribution < -0.4 is 16.4 Å². The number of rotatable bonds is 11. The van der Waals surface area contributed by atoms with E-state index in [4.69, 9.17) is 15.9 Å². The number of carboxylic acid groups (broad SMARTS) is 2. The van der Waals surface area contributed by atoms with Gasteiger partial charge in [-0.05, 0) is 24.0 Å². The maximum absolute atomic E-state index is 12.7. The highest BCUT2D eigenvalue weighted by Gasteiger charge is 2.32. The van der Waals surface area contributed by atoms with E-state index in [2.05, 4.69) is 15.6 Å². The molecule has 1 heterocycles. The average Bonchev–Trinajstić information content (AvgIpc) is 3.13. The van der Waals surface area contributed by atoms with Crippen LogP contribution in [0.15, 0.2) is 30.5 Å². The molecule has 31 heavy (non-hydrogen) atoms. The number of amides is 2. The van der Waals surface area contributed by atoms with E-state index in [9.17, 15) is 19.2 Å². The number of benzene rings is 1. The fourth-order valence-corrected chi connectivity index (χ4v) is 3.23. The summed E-state index contributed by atoms with van der Waals surface area (Å²) in [6, 6.07) is 3.99. The first-order chi connectivity index (χ1) is 14.6. The first-order valence-corrected chi connectivity index (χ1v) is 9.99. The molecule has 0 bridgehead atoms. The van der Waals surface area contributed by atoms with E-state index in [1.807, 2.05) is 31.2 Å². The molecule has 0 spiro atoms. The molecule has 0 saturated heterocycles. The third-order valence-corrected chi connectivity index (χ3v) is 5.24. The first-order valence-electron chi connectivity index (χ1n) is 9.99. The van der Waals surface area contributed by atoms with Crippen molar-refractivity contribution in [2.45, 2.75) is 51.2 Å². The molecule has 0 aliphatic heterocycles. The van der Waals surface area contributed by atoms with Crippen LogP contribution in [0.3, 0.4) is 0 Å². The Kier molecular flexibility index (Phi) is 8.14. The molecule has 2 rings (SSSR count). The molecule has 2 aromatic rings. The summed E-state index contributed by atoms with van der Waals surface area (Å²) >= 11 is 0. The molecule has 0 fully saturated rings. The summed E-state index contributed by atoms with van der Waals surface area (Å²) in [5.41, 5.74) is 7.85. The lowest BCUT2D eigenvalue weighted by atomic mass is 9.96. The fraction of sp³-hybridized carbons (Fsp3) is 0.429. The second kappa shape index (κ2) is 10.6. The minimum absolute atomic E-state index is 0.238. The van der Waals surface area contributed by atoms with Crippen molar-refractivity contribution >= 4 is 34.7 Å². The van der Waals surface area contributed by atoms with E-state index in [0.29, 0.717) is 6.42 Å². The number of H-pyrrole nitrogens is 1. The first kappa shape index (κ1) is 23.9. The molecule has 0 aliphatic rings. The molecule has 4 unspecified atom stereocenters. The van der Waals surface area contributed by atoms with E-state index in [1.165, 1.54) is 0 Å². The third kappa shape index (κ3) is 6.29. The van der Waals surface area contributed by atoms with Crippen LogP contribution in [-0.2, 0) is 25.6 Å². The largest absolute Gasteiger partial charge is 0.481 e. The number of carbonyl (C=O) groups excluding carboxylic acids is 2. The van der Waals surface area contributed by atoms with Gasteiger partial charge in [-0.25, -0.2) is 4.79 Å². The minimum atomic E-state index is -1.60. The molecule has 168 valence electrons. The van der Waals surface area contributed by atoms with Crippen molar-refractivity contribution < 1.29 is 29.4 Å². The molecule has 0 aliphatic carbocycles. The molecule has 1 aromatic heterocycles. The number of fused-ring (bicyclic) bond motifs is 1. The van der Waals surface area contributed by atoms with E-state index >= 15 is 0 Å². The van der Waals surface area contributed by atoms with Crippen molar-refractivity contribution in [3.05, 3.63) is 36.0 Å². The molecule has 0 saturated carbocycles. The molecule has 4 atom stereocenters. The molecular weight excluding hydrogens is 404 g/mol. The van der Waals surface area contributed by atoms with E-state index < -0.39 is 48.3 Å². The van der Waals surface area contributed by atoms with Gasteiger partial charge >= 0.3 is 11.9 Å². The lowest BCUT2D eigenvalue weighted by Crippen LogP contribution is -2.57. The summed E-state index contributed by atoms with van der Waals surface area (Å²) < 4.78 is 0. The molecule has 0 radical (unpaired) electrons. The van der Waals surface area contributed by atoms with Crippen LogP contribution in [0, 0.1) is 5.92 Å². The molecule has 7 N–H and O–H groups in total. The van der Waals surface area contributed by atoms with Crippen molar-refractivity contribution in [1.82, 2.24) is 15.6 Å². The monoisotopic (exact) mass is 432 g/mol. The number of hydrogen-bond donors (Lipinski definition) is 6. The van der Waals surface area contributed by atoms with Gasteiger partial charge in [0, 0.05) is 17.1 Å². The van der Waals surface area contributed by atoms with Crippen molar-refractivity contribution in [1.29, 1.82) is 0 Å². The number of carbonyl (C=O) groups is 4. The summed E-state index contributed by atoms with van der Waals surface area (Å²) in [5.74, 6) is -4.49. The average molecular weight is 432 g/mol. The summed E-state index contributed by atoms with van der Waals surface area (Å²) in [7, 11) is 0. The predicted octanol–water partition coefficient (Wildman–Crippen LogP) is 0.613. The summed E-state index contributed by atoms with van der Waals surface area (Å²) in [4.78, 5) is 50.6. The number of carboxylic acids is 2. The SMILES string of the molecule is CCC(C)C(NC(=O)C(N)Cc1c[nH]c2ccccc12)C(=O)NC(CC(=O)O)C(=O)O. The van der Waals surface area contributed by atoms with Crippen molar-refractivity contribution in [3.8, 4) is 0 Å². The van der Waals surface area contributed by atoms with Crippen LogP contribution in [0.1, 0.15) is 32.3 Å². The number of aromatic amines is 1. The van der Waals surface area contributed by atoms with Crippen LogP contribution in [0.2, 0.25) is 0 Å². The van der Waals surface area contributed by atoms with Gasteiger partial charge in [0.25, 0.3) is 0 Å². The molecule has 2 amide bonds. The van der Waals surface area contributed by atoms with Crippen molar-refractivity contribution in [2.24, 2.45) is 11.7 Å². The van der Waals surface area contributed by atoms with Gasteiger partial charge in [-0.3, -0.25) is 14.4 Å². The maximum atomic E-state index is 12.7. The molecule has 1 aromatic carbocycles. The highest BCUT2D eigenvalue weighted by molar-refractivity contribution is 5.93. The Morgan fingerprint density at radius 3 is 2.39 bits per heavy atom. The van der Waals surface area contributed by atoms with Crippen molar-refractivity contribution in [3.63, 3.8) is 0 Å². The number of hydrogen-bond acceptors (Lipinski definition) is 5. The van der Waals surface area contributed by atoms with Gasteiger partial charge in [0.1, 0.15) is 12.1 Å².